The first kappa shape index (κ1) is 11.8. The number of nitrogens with two attached hydrogens (primary N) is 1. The van der Waals surface area contributed by atoms with Crippen LogP contribution in [0.3, 0.4) is 0 Å². The number of halogens is 1. The van der Waals surface area contributed by atoms with Crippen molar-refractivity contribution in [3.63, 3.8) is 0 Å². The smallest absolute Gasteiger partial charge is 0.0908 e. The lowest BCUT2D eigenvalue weighted by molar-refractivity contribution is 0.369. The number of benzene rings is 1. The summed E-state index contributed by atoms with van der Waals surface area (Å²) in [5.41, 5.74) is 6.97. The predicted molar refractivity (Wildman–Crippen MR) is 71.4 cm³/mol. The summed E-state index contributed by atoms with van der Waals surface area (Å²) in [6.45, 7) is 1.68. The molecule has 16 heavy (non-hydrogen) atoms. The molecule has 0 bridgehead atoms. The van der Waals surface area contributed by atoms with Gasteiger partial charge in [0, 0.05) is 24.3 Å². The number of nitrogens with zero attached hydrogens (tertiary/aromatic N) is 1. The Morgan fingerprint density at radius 1 is 1.44 bits per heavy atom. The van der Waals surface area contributed by atoms with Crippen molar-refractivity contribution in [3.8, 4) is 0 Å². The van der Waals surface area contributed by atoms with E-state index in [1.807, 2.05) is 18.2 Å². The highest BCUT2D eigenvalue weighted by atomic mass is 35.5. The molecule has 1 heterocycles. The average molecular weight is 255 g/mol. The lowest BCUT2D eigenvalue weighted by Gasteiger charge is -2.23. The summed E-state index contributed by atoms with van der Waals surface area (Å²) in [5.74, 6) is 0. The van der Waals surface area contributed by atoms with Gasteiger partial charge in [0.15, 0.2) is 0 Å². The van der Waals surface area contributed by atoms with Crippen LogP contribution in [-0.2, 0) is 6.42 Å². The molecule has 0 aromatic heterocycles. The maximum atomic E-state index is 5.94. The molecule has 1 aliphatic heterocycles. The fourth-order valence-electron chi connectivity index (χ4n) is 1.74. The highest BCUT2D eigenvalue weighted by Gasteiger charge is 2.17. The molecular formula is C12H15ClN2S. The zero-order valence-electron chi connectivity index (χ0n) is 8.97. The van der Waals surface area contributed by atoms with Crippen LogP contribution in [0.5, 0.6) is 0 Å². The molecule has 0 saturated carbocycles. The van der Waals surface area contributed by atoms with Crippen LogP contribution in [0.15, 0.2) is 35.9 Å². The summed E-state index contributed by atoms with van der Waals surface area (Å²) in [6, 6.07) is 8.02. The third-order valence-electron chi connectivity index (χ3n) is 2.61. The second kappa shape index (κ2) is 5.62. The maximum Gasteiger partial charge on any atom is 0.0908 e. The normalized spacial score (nSPS) is 19.4. The average Bonchev–Trinajstić information content (AvgIpc) is 2.74. The van der Waals surface area contributed by atoms with Crippen LogP contribution in [0.4, 0.5) is 0 Å². The van der Waals surface area contributed by atoms with Gasteiger partial charge >= 0.3 is 0 Å². The van der Waals surface area contributed by atoms with Gasteiger partial charge in [0.05, 0.1) is 5.37 Å². The largest absolute Gasteiger partial charge is 0.363 e. The summed E-state index contributed by atoms with van der Waals surface area (Å²) >= 11 is 7.73. The van der Waals surface area contributed by atoms with Gasteiger partial charge in [-0.1, -0.05) is 23.7 Å². The van der Waals surface area contributed by atoms with Crippen molar-refractivity contribution < 1.29 is 0 Å². The second-order valence-electron chi connectivity index (χ2n) is 3.73. The van der Waals surface area contributed by atoms with Crippen LogP contribution < -0.4 is 5.73 Å². The molecule has 4 heteroatoms. The minimum atomic E-state index is 0.402. The summed E-state index contributed by atoms with van der Waals surface area (Å²) in [4.78, 5) is 2.28. The number of hydrogen-bond acceptors (Lipinski definition) is 3. The Balaban J connectivity index is 1.89. The first-order valence-corrected chi connectivity index (χ1v) is 6.64. The van der Waals surface area contributed by atoms with Crippen molar-refractivity contribution in [3.05, 3.63) is 46.5 Å². The summed E-state index contributed by atoms with van der Waals surface area (Å²) in [6.07, 6.45) is 3.12. The van der Waals surface area contributed by atoms with Gasteiger partial charge in [-0.2, -0.15) is 0 Å². The summed E-state index contributed by atoms with van der Waals surface area (Å²) in [7, 11) is 0. The highest BCUT2D eigenvalue weighted by Crippen LogP contribution is 2.24. The number of hydrogen-bond donors (Lipinski definition) is 1. The van der Waals surface area contributed by atoms with E-state index in [2.05, 4.69) is 22.6 Å². The minimum absolute atomic E-state index is 0.402. The Bertz CT molecular complexity index is 381. The zero-order valence-corrected chi connectivity index (χ0v) is 10.5. The SMILES string of the molecule is NCC1SC=CN1CCc1cccc(Cl)c1. The molecule has 0 radical (unpaired) electrons. The Morgan fingerprint density at radius 2 is 2.31 bits per heavy atom. The standard InChI is InChI=1S/C12H15ClN2S/c13-11-3-1-2-10(8-11)4-5-15-6-7-16-12(15)9-14/h1-3,6-8,12H,4-5,9,14H2. The van der Waals surface area contributed by atoms with Crippen molar-refractivity contribution in [1.29, 1.82) is 0 Å². The summed E-state index contributed by atoms with van der Waals surface area (Å²) < 4.78 is 0. The third-order valence-corrected chi connectivity index (χ3v) is 3.90. The van der Waals surface area contributed by atoms with E-state index < -0.39 is 0 Å². The van der Waals surface area contributed by atoms with Gasteiger partial charge < -0.3 is 10.6 Å². The van der Waals surface area contributed by atoms with Crippen molar-refractivity contribution >= 4 is 23.4 Å². The van der Waals surface area contributed by atoms with E-state index in [9.17, 15) is 0 Å². The van der Waals surface area contributed by atoms with Gasteiger partial charge in [0.25, 0.3) is 0 Å². The first-order chi connectivity index (χ1) is 7.79. The molecule has 0 saturated heterocycles. The number of rotatable bonds is 4. The molecule has 0 spiro atoms. The van der Waals surface area contributed by atoms with E-state index in [1.165, 1.54) is 5.56 Å². The molecule has 1 unspecified atom stereocenters. The van der Waals surface area contributed by atoms with E-state index in [0.29, 0.717) is 11.9 Å². The molecule has 2 rings (SSSR count). The fourth-order valence-corrected chi connectivity index (χ4v) is 2.80. The van der Waals surface area contributed by atoms with Crippen LogP contribution in [0.25, 0.3) is 0 Å². The van der Waals surface area contributed by atoms with Gasteiger partial charge in [-0.3, -0.25) is 0 Å². The molecule has 0 aliphatic carbocycles. The van der Waals surface area contributed by atoms with Crippen molar-refractivity contribution in [2.24, 2.45) is 5.73 Å². The van der Waals surface area contributed by atoms with E-state index >= 15 is 0 Å². The second-order valence-corrected chi connectivity index (χ2v) is 5.25. The van der Waals surface area contributed by atoms with Gasteiger partial charge in [-0.25, -0.2) is 0 Å². The van der Waals surface area contributed by atoms with Crippen molar-refractivity contribution in [1.82, 2.24) is 4.90 Å². The topological polar surface area (TPSA) is 29.3 Å². The predicted octanol–water partition coefficient (Wildman–Crippen LogP) is 2.69. The Morgan fingerprint density at radius 3 is 3.06 bits per heavy atom. The Hall–Kier alpha value is -0.640. The molecule has 2 nitrogen and oxygen atoms in total. The fraction of sp³-hybridized carbons (Fsp3) is 0.333. The van der Waals surface area contributed by atoms with E-state index in [4.69, 9.17) is 17.3 Å². The molecule has 0 amide bonds. The van der Waals surface area contributed by atoms with Gasteiger partial charge in [-0.15, -0.1) is 11.8 Å². The molecule has 1 atom stereocenters. The van der Waals surface area contributed by atoms with Crippen LogP contribution in [0.1, 0.15) is 5.56 Å². The Labute approximate surface area is 105 Å². The molecule has 1 aromatic rings. The zero-order chi connectivity index (χ0) is 11.4. The number of thioether (sulfide) groups is 1. The molecule has 86 valence electrons. The van der Waals surface area contributed by atoms with Crippen LogP contribution in [0.2, 0.25) is 5.02 Å². The quantitative estimate of drug-likeness (QED) is 0.896. The first-order valence-electron chi connectivity index (χ1n) is 5.32. The molecule has 1 aliphatic rings. The van der Waals surface area contributed by atoms with Gasteiger partial charge in [0.2, 0.25) is 0 Å². The highest BCUT2D eigenvalue weighted by molar-refractivity contribution is 8.02. The lowest BCUT2D eigenvalue weighted by Crippen LogP contribution is -2.32. The van der Waals surface area contributed by atoms with Crippen molar-refractivity contribution in [2.75, 3.05) is 13.1 Å². The van der Waals surface area contributed by atoms with E-state index in [1.54, 1.807) is 11.8 Å². The monoisotopic (exact) mass is 254 g/mol. The lowest BCUT2D eigenvalue weighted by atomic mass is 10.1. The van der Waals surface area contributed by atoms with Crippen LogP contribution in [-0.4, -0.2) is 23.4 Å². The third kappa shape index (κ3) is 2.94. The summed E-state index contributed by atoms with van der Waals surface area (Å²) in [5, 5.41) is 3.31. The minimum Gasteiger partial charge on any atom is -0.363 e. The van der Waals surface area contributed by atoms with E-state index in [-0.39, 0.29) is 0 Å². The van der Waals surface area contributed by atoms with Gasteiger partial charge in [-0.05, 0) is 29.5 Å². The molecule has 1 aromatic carbocycles. The van der Waals surface area contributed by atoms with Crippen LogP contribution >= 0.6 is 23.4 Å². The Kier molecular flexibility index (Phi) is 4.16. The molecule has 2 N–H and O–H groups in total. The molecule has 0 fully saturated rings. The van der Waals surface area contributed by atoms with Crippen LogP contribution in [0, 0.1) is 0 Å². The molecular weight excluding hydrogens is 240 g/mol. The van der Waals surface area contributed by atoms with E-state index in [0.717, 1.165) is 18.0 Å². The van der Waals surface area contributed by atoms with Gasteiger partial charge in [0.1, 0.15) is 0 Å². The van der Waals surface area contributed by atoms with Crippen molar-refractivity contribution in [2.45, 2.75) is 11.8 Å². The maximum absolute atomic E-state index is 5.94.